The third-order valence-corrected chi connectivity index (χ3v) is 3.75. The van der Waals surface area contributed by atoms with Gasteiger partial charge in [0.2, 0.25) is 11.8 Å². The molecule has 0 aliphatic rings. The topological polar surface area (TPSA) is 100 Å². The van der Waals surface area contributed by atoms with Crippen LogP contribution in [0.25, 0.3) is 0 Å². The molecule has 0 aliphatic carbocycles. The molecule has 0 aliphatic heterocycles. The number of aromatic hydroxyl groups is 1. The van der Waals surface area contributed by atoms with E-state index in [0.717, 1.165) is 0 Å². The molecule has 0 saturated carbocycles. The van der Waals surface area contributed by atoms with Crippen molar-refractivity contribution >= 4 is 35.3 Å². The summed E-state index contributed by atoms with van der Waals surface area (Å²) in [7, 11) is 0. The third kappa shape index (κ3) is 6.55. The van der Waals surface area contributed by atoms with Gasteiger partial charge in [0.1, 0.15) is 5.82 Å². The second-order valence-electron chi connectivity index (χ2n) is 5.63. The van der Waals surface area contributed by atoms with E-state index in [0.29, 0.717) is 17.9 Å². The number of phenols is 1. The molecule has 0 atom stereocenters. The van der Waals surface area contributed by atoms with Crippen LogP contribution in [-0.4, -0.2) is 29.7 Å². The molecule has 0 saturated heterocycles. The second-order valence-corrected chi connectivity index (χ2v) is 6.04. The summed E-state index contributed by atoms with van der Waals surface area (Å²) < 4.78 is 18.1. The molecule has 0 fully saturated rings. The molecule has 2 aromatic rings. The molecule has 2 rings (SSSR count). The Hall–Kier alpha value is -3.13. The summed E-state index contributed by atoms with van der Waals surface area (Å²) in [4.78, 5) is 23.6. The molecule has 28 heavy (non-hydrogen) atoms. The Balaban J connectivity index is 1.81. The number of hydrogen-bond acceptors (Lipinski definition) is 5. The minimum atomic E-state index is -0.458. The van der Waals surface area contributed by atoms with Crippen LogP contribution >= 0.6 is 11.6 Å². The molecule has 7 nitrogen and oxygen atoms in total. The van der Waals surface area contributed by atoms with Gasteiger partial charge in [-0.2, -0.15) is 5.10 Å². The maximum absolute atomic E-state index is 12.8. The number of benzene rings is 2. The summed E-state index contributed by atoms with van der Waals surface area (Å²) in [5, 5.41) is 16.2. The first-order valence-electron chi connectivity index (χ1n) is 8.41. The maximum Gasteiger partial charge on any atom is 0.240 e. The van der Waals surface area contributed by atoms with Crippen LogP contribution in [-0.2, 0) is 9.59 Å². The number of anilines is 1. The second kappa shape index (κ2) is 10.3. The van der Waals surface area contributed by atoms with Gasteiger partial charge in [0.05, 0.1) is 17.8 Å². The Labute approximate surface area is 166 Å². The van der Waals surface area contributed by atoms with Crippen LogP contribution in [0.4, 0.5) is 10.1 Å². The van der Waals surface area contributed by atoms with Crippen molar-refractivity contribution in [1.82, 2.24) is 5.43 Å². The van der Waals surface area contributed by atoms with Crippen molar-refractivity contribution in [3.05, 3.63) is 52.8 Å². The smallest absolute Gasteiger partial charge is 0.240 e. The predicted octanol–water partition coefficient (Wildman–Crippen LogP) is 3.45. The fourth-order valence-corrected chi connectivity index (χ4v) is 2.37. The van der Waals surface area contributed by atoms with Gasteiger partial charge >= 0.3 is 0 Å². The van der Waals surface area contributed by atoms with Crippen LogP contribution in [0.1, 0.15) is 25.3 Å². The summed E-state index contributed by atoms with van der Waals surface area (Å²) in [6.07, 6.45) is 1.20. The number of phenolic OH excluding ortho intramolecular Hbond substituents is 1. The number of carbonyl (C=O) groups excluding carboxylic acids is 2. The molecule has 0 heterocycles. The lowest BCUT2D eigenvalue weighted by atomic mass is 10.2. The van der Waals surface area contributed by atoms with E-state index in [2.05, 4.69) is 15.8 Å². The van der Waals surface area contributed by atoms with Crippen molar-refractivity contribution in [1.29, 1.82) is 0 Å². The standard InChI is InChI=1S/C19H19ClFN3O4/c1-2-28-16-10-12(9-15(20)19(16)27)11-22-24-18(26)8-7-17(25)23-14-5-3-13(21)4-6-14/h3-6,9-11,27H,2,7-8H2,1H3,(H,23,25)(H,24,26). The summed E-state index contributed by atoms with van der Waals surface area (Å²) in [5.74, 6) is -1.20. The van der Waals surface area contributed by atoms with Crippen LogP contribution in [0.5, 0.6) is 11.5 Å². The van der Waals surface area contributed by atoms with Gasteiger partial charge in [-0.25, -0.2) is 9.82 Å². The van der Waals surface area contributed by atoms with Gasteiger partial charge in [0, 0.05) is 18.5 Å². The van der Waals surface area contributed by atoms with Crippen molar-refractivity contribution in [3.63, 3.8) is 0 Å². The van der Waals surface area contributed by atoms with Gasteiger partial charge in [-0.1, -0.05) is 11.6 Å². The highest BCUT2D eigenvalue weighted by molar-refractivity contribution is 6.32. The van der Waals surface area contributed by atoms with Gasteiger partial charge in [0.25, 0.3) is 0 Å². The number of halogens is 2. The Morgan fingerprint density at radius 1 is 1.21 bits per heavy atom. The van der Waals surface area contributed by atoms with E-state index in [1.54, 1.807) is 6.92 Å². The van der Waals surface area contributed by atoms with E-state index < -0.39 is 11.7 Å². The summed E-state index contributed by atoms with van der Waals surface area (Å²) in [6.45, 7) is 2.11. The first-order valence-corrected chi connectivity index (χ1v) is 8.79. The number of nitrogens with one attached hydrogen (secondary N) is 2. The van der Waals surface area contributed by atoms with Gasteiger partial charge in [0.15, 0.2) is 11.5 Å². The zero-order chi connectivity index (χ0) is 20.5. The Morgan fingerprint density at radius 2 is 1.89 bits per heavy atom. The number of hydrogen-bond donors (Lipinski definition) is 3. The lowest BCUT2D eigenvalue weighted by Crippen LogP contribution is -2.20. The largest absolute Gasteiger partial charge is 0.503 e. The fourth-order valence-electron chi connectivity index (χ4n) is 2.15. The van der Waals surface area contributed by atoms with Crippen LogP contribution in [0.15, 0.2) is 41.5 Å². The van der Waals surface area contributed by atoms with E-state index in [1.807, 2.05) is 0 Å². The van der Waals surface area contributed by atoms with Crippen LogP contribution in [0.2, 0.25) is 5.02 Å². The number of rotatable bonds is 8. The lowest BCUT2D eigenvalue weighted by Gasteiger charge is -2.08. The minimum absolute atomic E-state index is 0.0573. The first-order chi connectivity index (χ1) is 13.4. The molecule has 0 radical (unpaired) electrons. The van der Waals surface area contributed by atoms with E-state index in [1.165, 1.54) is 42.6 Å². The van der Waals surface area contributed by atoms with Crippen LogP contribution in [0.3, 0.4) is 0 Å². The zero-order valence-electron chi connectivity index (χ0n) is 15.0. The van der Waals surface area contributed by atoms with E-state index in [9.17, 15) is 19.1 Å². The normalized spacial score (nSPS) is 10.7. The van der Waals surface area contributed by atoms with Crippen molar-refractivity contribution in [2.75, 3.05) is 11.9 Å². The van der Waals surface area contributed by atoms with Crippen LogP contribution in [0, 0.1) is 5.82 Å². The predicted molar refractivity (Wildman–Crippen MR) is 104 cm³/mol. The highest BCUT2D eigenvalue weighted by atomic mass is 35.5. The Morgan fingerprint density at radius 3 is 2.57 bits per heavy atom. The number of nitrogens with zero attached hydrogens (tertiary/aromatic N) is 1. The van der Waals surface area contributed by atoms with Gasteiger partial charge in [-0.05, 0) is 48.9 Å². The first kappa shape index (κ1) is 21.2. The van der Waals surface area contributed by atoms with E-state index in [-0.39, 0.29) is 35.3 Å². The number of amides is 2. The fraction of sp³-hybridized carbons (Fsp3) is 0.211. The van der Waals surface area contributed by atoms with E-state index >= 15 is 0 Å². The van der Waals surface area contributed by atoms with Crippen molar-refractivity contribution in [2.24, 2.45) is 5.10 Å². The number of hydrazone groups is 1. The Bertz CT molecular complexity index is 872. The summed E-state index contributed by atoms with van der Waals surface area (Å²) in [5.41, 5.74) is 3.26. The average molecular weight is 408 g/mol. The molecule has 0 aromatic heterocycles. The highest BCUT2D eigenvalue weighted by Crippen LogP contribution is 2.34. The van der Waals surface area contributed by atoms with E-state index in [4.69, 9.17) is 16.3 Å². The van der Waals surface area contributed by atoms with Crippen molar-refractivity contribution in [2.45, 2.75) is 19.8 Å². The van der Waals surface area contributed by atoms with Crippen LogP contribution < -0.4 is 15.5 Å². The average Bonchev–Trinajstić information content (AvgIpc) is 2.66. The van der Waals surface area contributed by atoms with Crippen molar-refractivity contribution < 1.29 is 23.8 Å². The zero-order valence-corrected chi connectivity index (χ0v) is 15.8. The maximum atomic E-state index is 12.8. The molecule has 0 spiro atoms. The van der Waals surface area contributed by atoms with Gasteiger partial charge < -0.3 is 15.2 Å². The molecule has 3 N–H and O–H groups in total. The summed E-state index contributed by atoms with van der Waals surface area (Å²) in [6, 6.07) is 8.29. The van der Waals surface area contributed by atoms with Gasteiger partial charge in [-0.3, -0.25) is 9.59 Å². The molecule has 9 heteroatoms. The quantitative estimate of drug-likeness (QED) is 0.461. The third-order valence-electron chi connectivity index (χ3n) is 3.46. The minimum Gasteiger partial charge on any atom is -0.503 e. The molecule has 2 aromatic carbocycles. The lowest BCUT2D eigenvalue weighted by molar-refractivity contribution is -0.124. The SMILES string of the molecule is CCOc1cc(C=NNC(=O)CCC(=O)Nc2ccc(F)cc2)cc(Cl)c1O. The number of ether oxygens (including phenoxy) is 1. The molecule has 2 amide bonds. The summed E-state index contributed by atoms with van der Waals surface area (Å²) >= 11 is 5.91. The molecule has 0 bridgehead atoms. The molecule has 0 unspecified atom stereocenters. The highest BCUT2D eigenvalue weighted by Gasteiger charge is 2.09. The number of carbonyl (C=O) groups is 2. The van der Waals surface area contributed by atoms with Gasteiger partial charge in [-0.15, -0.1) is 0 Å². The molecular weight excluding hydrogens is 389 g/mol. The monoisotopic (exact) mass is 407 g/mol. The Kier molecular flexibility index (Phi) is 7.76. The van der Waals surface area contributed by atoms with Crippen molar-refractivity contribution in [3.8, 4) is 11.5 Å². The molecular formula is C19H19ClFN3O4. The molecule has 148 valence electrons.